The normalized spacial score (nSPS) is 11.4. The van der Waals surface area contributed by atoms with E-state index in [9.17, 15) is 12.8 Å². The molecule has 0 saturated carbocycles. The molecule has 0 bridgehead atoms. The molecule has 0 aromatic heterocycles. The molecule has 2 aromatic carbocycles. The van der Waals surface area contributed by atoms with Gasteiger partial charge in [0.05, 0.1) is 5.69 Å². The third-order valence-electron chi connectivity index (χ3n) is 2.95. The standard InChI is InChI=1S/C14H14BrFN2O2S/c1-9-6-11(16)3-4-13(9)18-21(19,20)14-5-2-10(8-17)7-12(14)15/h2-7,18H,8,17H2,1H3. The monoisotopic (exact) mass is 372 g/mol. The first-order chi connectivity index (χ1) is 9.83. The molecule has 0 aliphatic carbocycles. The molecule has 3 N–H and O–H groups in total. The van der Waals surface area contributed by atoms with E-state index in [1.807, 2.05) is 0 Å². The zero-order chi connectivity index (χ0) is 15.6. The molecule has 0 atom stereocenters. The van der Waals surface area contributed by atoms with Gasteiger partial charge in [0.2, 0.25) is 0 Å². The maximum absolute atomic E-state index is 13.1. The van der Waals surface area contributed by atoms with Crippen LogP contribution in [0.5, 0.6) is 0 Å². The summed E-state index contributed by atoms with van der Waals surface area (Å²) in [7, 11) is -3.76. The van der Waals surface area contributed by atoms with Crippen LogP contribution in [0, 0.1) is 12.7 Å². The van der Waals surface area contributed by atoms with Gasteiger partial charge in [-0.1, -0.05) is 6.07 Å². The molecule has 0 spiro atoms. The summed E-state index contributed by atoms with van der Waals surface area (Å²) in [5.74, 6) is -0.413. The van der Waals surface area contributed by atoms with Gasteiger partial charge in [-0.25, -0.2) is 12.8 Å². The van der Waals surface area contributed by atoms with Gasteiger partial charge in [0.25, 0.3) is 10.0 Å². The predicted octanol–water partition coefficient (Wildman–Crippen LogP) is 3.16. The molecule has 21 heavy (non-hydrogen) atoms. The minimum Gasteiger partial charge on any atom is -0.326 e. The van der Waals surface area contributed by atoms with Crippen LogP contribution in [0.15, 0.2) is 45.8 Å². The quantitative estimate of drug-likeness (QED) is 0.865. The van der Waals surface area contributed by atoms with Gasteiger partial charge >= 0.3 is 0 Å². The Morgan fingerprint density at radius 3 is 2.52 bits per heavy atom. The molecule has 0 aliphatic heterocycles. The molecule has 0 unspecified atom stereocenters. The van der Waals surface area contributed by atoms with Gasteiger partial charge in [-0.15, -0.1) is 0 Å². The molecule has 0 fully saturated rings. The van der Waals surface area contributed by atoms with Crippen molar-refractivity contribution < 1.29 is 12.8 Å². The van der Waals surface area contributed by atoms with Gasteiger partial charge < -0.3 is 5.73 Å². The lowest BCUT2D eigenvalue weighted by atomic mass is 10.2. The number of nitrogens with one attached hydrogen (secondary N) is 1. The first-order valence-corrected chi connectivity index (χ1v) is 8.38. The van der Waals surface area contributed by atoms with Gasteiger partial charge in [-0.2, -0.15) is 0 Å². The summed E-state index contributed by atoms with van der Waals surface area (Å²) < 4.78 is 40.7. The van der Waals surface area contributed by atoms with E-state index in [4.69, 9.17) is 5.73 Å². The van der Waals surface area contributed by atoms with Crippen LogP contribution in [-0.2, 0) is 16.6 Å². The molecule has 0 amide bonds. The van der Waals surface area contributed by atoms with Gasteiger partial charge in [0.1, 0.15) is 10.7 Å². The lowest BCUT2D eigenvalue weighted by molar-refractivity contribution is 0.600. The van der Waals surface area contributed by atoms with Crippen molar-refractivity contribution in [1.82, 2.24) is 0 Å². The first kappa shape index (κ1) is 15.9. The first-order valence-electron chi connectivity index (χ1n) is 6.11. The minimum atomic E-state index is -3.76. The van der Waals surface area contributed by atoms with Gasteiger partial charge in [0.15, 0.2) is 0 Å². The van der Waals surface area contributed by atoms with E-state index in [2.05, 4.69) is 20.7 Å². The number of nitrogens with two attached hydrogens (primary N) is 1. The summed E-state index contributed by atoms with van der Waals surface area (Å²) in [6, 6.07) is 8.66. The number of rotatable bonds is 4. The van der Waals surface area contributed by atoms with Crippen molar-refractivity contribution in [3.8, 4) is 0 Å². The second kappa shape index (κ2) is 6.13. The third kappa shape index (κ3) is 3.61. The number of sulfonamides is 1. The predicted molar refractivity (Wildman–Crippen MR) is 84.0 cm³/mol. The number of hydrogen-bond donors (Lipinski definition) is 2. The van der Waals surface area contributed by atoms with Crippen LogP contribution < -0.4 is 10.5 Å². The molecular weight excluding hydrogens is 359 g/mol. The van der Waals surface area contributed by atoms with Gasteiger partial charge in [0, 0.05) is 11.0 Å². The van der Waals surface area contributed by atoms with Crippen LogP contribution in [0.2, 0.25) is 0 Å². The van der Waals surface area contributed by atoms with Crippen molar-refractivity contribution in [2.75, 3.05) is 4.72 Å². The van der Waals surface area contributed by atoms with E-state index >= 15 is 0 Å². The van der Waals surface area contributed by atoms with E-state index in [0.717, 1.165) is 5.56 Å². The summed E-state index contributed by atoms with van der Waals surface area (Å²) in [5, 5.41) is 0. The second-order valence-electron chi connectivity index (χ2n) is 4.53. The Balaban J connectivity index is 2.38. The topological polar surface area (TPSA) is 72.2 Å². The van der Waals surface area contributed by atoms with Crippen molar-refractivity contribution in [2.45, 2.75) is 18.4 Å². The number of hydrogen-bond acceptors (Lipinski definition) is 3. The fraction of sp³-hybridized carbons (Fsp3) is 0.143. The lowest BCUT2D eigenvalue weighted by Gasteiger charge is -2.12. The molecule has 0 saturated heterocycles. The highest BCUT2D eigenvalue weighted by molar-refractivity contribution is 9.10. The van der Waals surface area contributed by atoms with Crippen molar-refractivity contribution in [3.05, 3.63) is 57.8 Å². The number of benzene rings is 2. The summed E-state index contributed by atoms with van der Waals surface area (Å²) in [6.07, 6.45) is 0. The Kier molecular flexibility index (Phi) is 4.65. The average molecular weight is 373 g/mol. The SMILES string of the molecule is Cc1cc(F)ccc1NS(=O)(=O)c1ccc(CN)cc1Br. The van der Waals surface area contributed by atoms with Crippen molar-refractivity contribution >= 4 is 31.6 Å². The third-order valence-corrected chi connectivity index (χ3v) is 5.30. The molecule has 2 aromatic rings. The molecule has 112 valence electrons. The average Bonchev–Trinajstić information content (AvgIpc) is 2.41. The highest BCUT2D eigenvalue weighted by Gasteiger charge is 2.18. The van der Waals surface area contributed by atoms with Crippen LogP contribution in [0.3, 0.4) is 0 Å². The Hall–Kier alpha value is -1.44. The summed E-state index contributed by atoms with van der Waals surface area (Å²) >= 11 is 3.23. The van der Waals surface area contributed by atoms with Crippen molar-refractivity contribution in [2.24, 2.45) is 5.73 Å². The Morgan fingerprint density at radius 1 is 1.24 bits per heavy atom. The van der Waals surface area contributed by atoms with E-state index in [1.165, 1.54) is 24.3 Å². The van der Waals surface area contributed by atoms with E-state index in [1.54, 1.807) is 19.1 Å². The molecular formula is C14H14BrFN2O2S. The van der Waals surface area contributed by atoms with E-state index in [0.29, 0.717) is 22.3 Å². The molecule has 0 radical (unpaired) electrons. The molecule has 2 rings (SSSR count). The Labute approximate surface area is 131 Å². The van der Waals surface area contributed by atoms with Crippen LogP contribution in [-0.4, -0.2) is 8.42 Å². The smallest absolute Gasteiger partial charge is 0.263 e. The number of aryl methyl sites for hydroxylation is 1. The Bertz CT molecular complexity index is 779. The van der Waals surface area contributed by atoms with Gasteiger partial charge in [-0.05, 0) is 64.3 Å². The molecule has 0 heterocycles. The fourth-order valence-electron chi connectivity index (χ4n) is 1.83. The summed E-state index contributed by atoms with van der Waals surface area (Å²) in [6.45, 7) is 1.96. The zero-order valence-corrected chi connectivity index (χ0v) is 13.6. The fourth-order valence-corrected chi connectivity index (χ4v) is 4.09. The van der Waals surface area contributed by atoms with Gasteiger partial charge in [-0.3, -0.25) is 4.72 Å². The summed E-state index contributed by atoms with van der Waals surface area (Å²) in [5.41, 5.74) is 7.18. The molecule has 0 aliphatic rings. The maximum Gasteiger partial charge on any atom is 0.263 e. The number of halogens is 2. The Morgan fingerprint density at radius 2 is 1.95 bits per heavy atom. The van der Waals surface area contributed by atoms with Crippen molar-refractivity contribution in [1.29, 1.82) is 0 Å². The van der Waals surface area contributed by atoms with E-state index < -0.39 is 15.8 Å². The molecule has 7 heteroatoms. The van der Waals surface area contributed by atoms with Crippen LogP contribution in [0.1, 0.15) is 11.1 Å². The summed E-state index contributed by atoms with van der Waals surface area (Å²) in [4.78, 5) is 0.100. The van der Waals surface area contributed by atoms with Crippen LogP contribution in [0.4, 0.5) is 10.1 Å². The van der Waals surface area contributed by atoms with Crippen molar-refractivity contribution in [3.63, 3.8) is 0 Å². The van der Waals surface area contributed by atoms with Crippen LogP contribution in [0.25, 0.3) is 0 Å². The number of anilines is 1. The van der Waals surface area contributed by atoms with Crippen LogP contribution >= 0.6 is 15.9 Å². The molecule has 4 nitrogen and oxygen atoms in total. The zero-order valence-electron chi connectivity index (χ0n) is 11.2. The maximum atomic E-state index is 13.1. The minimum absolute atomic E-state index is 0.100. The lowest BCUT2D eigenvalue weighted by Crippen LogP contribution is -2.14. The van der Waals surface area contributed by atoms with E-state index in [-0.39, 0.29) is 4.90 Å². The highest BCUT2D eigenvalue weighted by Crippen LogP contribution is 2.26. The largest absolute Gasteiger partial charge is 0.326 e. The highest BCUT2D eigenvalue weighted by atomic mass is 79.9. The second-order valence-corrected chi connectivity index (χ2v) is 7.04.